The smallest absolute Gasteiger partial charge is 0.269 e. The van der Waals surface area contributed by atoms with Crippen molar-refractivity contribution in [1.82, 2.24) is 0 Å². The molecular weight excluding hydrogens is 196 g/mol. The lowest BCUT2D eigenvalue weighted by Crippen LogP contribution is -2.07. The van der Waals surface area contributed by atoms with Gasteiger partial charge in [-0.3, -0.25) is 10.1 Å². The first-order valence-corrected chi connectivity index (χ1v) is 3.73. The van der Waals surface area contributed by atoms with Gasteiger partial charge in [0.15, 0.2) is 0 Å². The SMILES string of the molecule is O=[N+]([O-])c1ccc([C@@H](O)C(F)F)cc1. The van der Waals surface area contributed by atoms with Crippen molar-refractivity contribution in [2.75, 3.05) is 0 Å². The quantitative estimate of drug-likeness (QED) is 0.602. The Labute approximate surface area is 77.9 Å². The number of rotatable bonds is 3. The van der Waals surface area contributed by atoms with Gasteiger partial charge in [0.05, 0.1) is 4.92 Å². The zero-order valence-electron chi connectivity index (χ0n) is 6.93. The van der Waals surface area contributed by atoms with Crippen LogP contribution in [0, 0.1) is 10.1 Å². The van der Waals surface area contributed by atoms with E-state index < -0.39 is 17.5 Å². The van der Waals surface area contributed by atoms with E-state index >= 15 is 0 Å². The molecule has 0 amide bonds. The van der Waals surface area contributed by atoms with Crippen molar-refractivity contribution in [1.29, 1.82) is 0 Å². The van der Waals surface area contributed by atoms with E-state index in [0.717, 1.165) is 24.3 Å². The average Bonchev–Trinajstić information content (AvgIpc) is 2.16. The lowest BCUT2D eigenvalue weighted by atomic mass is 10.1. The molecule has 0 heterocycles. The first-order valence-electron chi connectivity index (χ1n) is 3.73. The summed E-state index contributed by atoms with van der Waals surface area (Å²) in [5.74, 6) is 0. The Bertz CT molecular complexity index is 326. The Balaban J connectivity index is 2.88. The number of nitro groups is 1. The van der Waals surface area contributed by atoms with Crippen molar-refractivity contribution < 1.29 is 18.8 Å². The number of alkyl halides is 2. The molecule has 0 fully saturated rings. The third-order valence-electron chi connectivity index (χ3n) is 1.68. The van der Waals surface area contributed by atoms with Crippen molar-refractivity contribution in [2.24, 2.45) is 0 Å². The summed E-state index contributed by atoms with van der Waals surface area (Å²) >= 11 is 0. The van der Waals surface area contributed by atoms with Crippen molar-refractivity contribution in [2.45, 2.75) is 12.5 Å². The Kier molecular flexibility index (Phi) is 3.08. The van der Waals surface area contributed by atoms with Gasteiger partial charge in [-0.25, -0.2) is 8.78 Å². The zero-order chi connectivity index (χ0) is 10.7. The minimum atomic E-state index is -2.89. The molecule has 1 aromatic carbocycles. The van der Waals surface area contributed by atoms with Crippen LogP contribution in [0.15, 0.2) is 24.3 Å². The van der Waals surface area contributed by atoms with Gasteiger partial charge < -0.3 is 5.11 Å². The molecule has 76 valence electrons. The molecule has 0 bridgehead atoms. The van der Waals surface area contributed by atoms with Crippen LogP contribution in [0.5, 0.6) is 0 Å². The summed E-state index contributed by atoms with van der Waals surface area (Å²) in [5, 5.41) is 19.1. The van der Waals surface area contributed by atoms with Crippen LogP contribution in [-0.2, 0) is 0 Å². The maximum Gasteiger partial charge on any atom is 0.269 e. The van der Waals surface area contributed by atoms with E-state index in [1.807, 2.05) is 0 Å². The van der Waals surface area contributed by atoms with E-state index in [0.29, 0.717) is 0 Å². The van der Waals surface area contributed by atoms with Crippen LogP contribution in [-0.4, -0.2) is 16.5 Å². The molecule has 0 saturated heterocycles. The third-order valence-corrected chi connectivity index (χ3v) is 1.68. The molecule has 0 radical (unpaired) electrons. The number of non-ortho nitro benzene ring substituents is 1. The summed E-state index contributed by atoms with van der Waals surface area (Å²) in [7, 11) is 0. The van der Waals surface area contributed by atoms with E-state index in [1.165, 1.54) is 0 Å². The molecule has 0 spiro atoms. The fourth-order valence-electron chi connectivity index (χ4n) is 0.939. The first kappa shape index (κ1) is 10.5. The summed E-state index contributed by atoms with van der Waals surface area (Å²) in [6.07, 6.45) is -4.78. The van der Waals surface area contributed by atoms with Crippen molar-refractivity contribution in [3.63, 3.8) is 0 Å². The highest BCUT2D eigenvalue weighted by molar-refractivity contribution is 5.33. The molecule has 0 aliphatic rings. The van der Waals surface area contributed by atoms with E-state index in [2.05, 4.69) is 0 Å². The number of benzene rings is 1. The second-order valence-corrected chi connectivity index (χ2v) is 2.63. The molecule has 0 aliphatic heterocycles. The van der Waals surface area contributed by atoms with Crippen LogP contribution in [0.3, 0.4) is 0 Å². The molecule has 0 unspecified atom stereocenters. The number of halogens is 2. The molecule has 6 heteroatoms. The van der Waals surface area contributed by atoms with Crippen LogP contribution < -0.4 is 0 Å². The summed E-state index contributed by atoms with van der Waals surface area (Å²) in [6.45, 7) is 0. The number of hydrogen-bond donors (Lipinski definition) is 1. The fraction of sp³-hybridized carbons (Fsp3) is 0.250. The van der Waals surface area contributed by atoms with Gasteiger partial charge in [-0.2, -0.15) is 0 Å². The lowest BCUT2D eigenvalue weighted by Gasteiger charge is -2.08. The highest BCUT2D eigenvalue weighted by atomic mass is 19.3. The van der Waals surface area contributed by atoms with E-state index in [-0.39, 0.29) is 11.3 Å². The predicted octanol–water partition coefficient (Wildman–Crippen LogP) is 1.89. The van der Waals surface area contributed by atoms with E-state index in [4.69, 9.17) is 5.11 Å². The number of aliphatic hydroxyl groups is 1. The number of aliphatic hydroxyl groups excluding tert-OH is 1. The Hall–Kier alpha value is -1.56. The molecule has 0 aromatic heterocycles. The minimum absolute atomic E-state index is 0.0365. The second-order valence-electron chi connectivity index (χ2n) is 2.63. The van der Waals surface area contributed by atoms with E-state index in [1.54, 1.807) is 0 Å². The molecule has 14 heavy (non-hydrogen) atoms. The van der Waals surface area contributed by atoms with Crippen LogP contribution in [0.25, 0.3) is 0 Å². The van der Waals surface area contributed by atoms with Crippen LogP contribution in [0.4, 0.5) is 14.5 Å². The summed E-state index contributed by atoms with van der Waals surface area (Å²) in [4.78, 5) is 9.57. The van der Waals surface area contributed by atoms with Crippen molar-refractivity contribution in [3.8, 4) is 0 Å². The van der Waals surface area contributed by atoms with Crippen LogP contribution in [0.2, 0.25) is 0 Å². The largest absolute Gasteiger partial charge is 0.382 e. The van der Waals surface area contributed by atoms with Gasteiger partial charge in [-0.05, 0) is 17.7 Å². The Morgan fingerprint density at radius 1 is 1.29 bits per heavy atom. The van der Waals surface area contributed by atoms with Gasteiger partial charge in [0.1, 0.15) is 6.10 Å². The predicted molar refractivity (Wildman–Crippen MR) is 44.1 cm³/mol. The minimum Gasteiger partial charge on any atom is -0.382 e. The summed E-state index contributed by atoms with van der Waals surface area (Å²) in [6, 6.07) is 4.35. The van der Waals surface area contributed by atoms with Gasteiger partial charge in [0.2, 0.25) is 0 Å². The number of hydrogen-bond acceptors (Lipinski definition) is 3. The second kappa shape index (κ2) is 4.10. The third kappa shape index (κ3) is 2.23. The average molecular weight is 203 g/mol. The lowest BCUT2D eigenvalue weighted by molar-refractivity contribution is -0.384. The highest BCUT2D eigenvalue weighted by Gasteiger charge is 2.19. The fourth-order valence-corrected chi connectivity index (χ4v) is 0.939. The van der Waals surface area contributed by atoms with Crippen LogP contribution >= 0.6 is 0 Å². The Morgan fingerprint density at radius 2 is 1.79 bits per heavy atom. The van der Waals surface area contributed by atoms with E-state index in [9.17, 15) is 18.9 Å². The monoisotopic (exact) mass is 203 g/mol. The van der Waals surface area contributed by atoms with Gasteiger partial charge in [0.25, 0.3) is 12.1 Å². The molecule has 0 aliphatic carbocycles. The normalized spacial score (nSPS) is 12.9. The van der Waals surface area contributed by atoms with Gasteiger partial charge in [-0.15, -0.1) is 0 Å². The maximum absolute atomic E-state index is 12.0. The molecule has 1 N–H and O–H groups in total. The molecular formula is C8H7F2NO3. The number of nitrogens with zero attached hydrogens (tertiary/aromatic N) is 1. The number of nitro benzene ring substituents is 1. The highest BCUT2D eigenvalue weighted by Crippen LogP contribution is 2.22. The first-order chi connectivity index (χ1) is 6.52. The zero-order valence-corrected chi connectivity index (χ0v) is 6.93. The molecule has 4 nitrogen and oxygen atoms in total. The molecule has 1 atom stereocenters. The molecule has 1 rings (SSSR count). The standard InChI is InChI=1S/C8H7F2NO3/c9-8(10)7(12)5-1-3-6(4-2-5)11(13)14/h1-4,7-8,12H/t7-/m1/s1. The molecule has 1 aromatic rings. The van der Waals surface area contributed by atoms with Gasteiger partial charge >= 0.3 is 0 Å². The van der Waals surface area contributed by atoms with Crippen LogP contribution in [0.1, 0.15) is 11.7 Å². The Morgan fingerprint density at radius 3 is 2.14 bits per heavy atom. The summed E-state index contributed by atoms with van der Waals surface area (Å²) < 4.78 is 24.0. The molecule has 0 saturated carbocycles. The van der Waals surface area contributed by atoms with Gasteiger partial charge in [0, 0.05) is 12.1 Å². The van der Waals surface area contributed by atoms with Crippen molar-refractivity contribution in [3.05, 3.63) is 39.9 Å². The maximum atomic E-state index is 12.0. The van der Waals surface area contributed by atoms with Gasteiger partial charge in [-0.1, -0.05) is 0 Å². The topological polar surface area (TPSA) is 63.4 Å². The summed E-state index contributed by atoms with van der Waals surface area (Å²) in [5.41, 5.74) is -0.235. The van der Waals surface area contributed by atoms with Crippen molar-refractivity contribution >= 4 is 5.69 Å².